The first-order valence-corrected chi connectivity index (χ1v) is 14.1. The van der Waals surface area contributed by atoms with Crippen molar-refractivity contribution in [2.75, 3.05) is 0 Å². The molecule has 2 N–H and O–H groups in total. The number of alkyl halides is 3. The lowest BCUT2D eigenvalue weighted by Gasteiger charge is -2.64. The van der Waals surface area contributed by atoms with Crippen molar-refractivity contribution in [3.05, 3.63) is 11.6 Å². The van der Waals surface area contributed by atoms with Crippen LogP contribution < -0.4 is 0 Å². The van der Waals surface area contributed by atoms with Crippen LogP contribution in [0, 0.1) is 45.3 Å². The van der Waals surface area contributed by atoms with Crippen molar-refractivity contribution in [1.82, 2.24) is 0 Å². The third kappa shape index (κ3) is 4.23. The van der Waals surface area contributed by atoms with Crippen LogP contribution in [0.5, 0.6) is 0 Å². The second kappa shape index (κ2) is 8.48. The predicted octanol–water partition coefficient (Wildman–Crippen LogP) is 8.07. The monoisotopic (exact) mass is 498 g/mol. The molecule has 0 aromatic rings. The van der Waals surface area contributed by atoms with Gasteiger partial charge in [0.15, 0.2) is 5.60 Å². The number of fused-ring (bicyclic) bond motifs is 5. The minimum absolute atomic E-state index is 0.0901. The number of allylic oxidation sites excluding steroid dienone is 1. The van der Waals surface area contributed by atoms with Gasteiger partial charge in [-0.15, -0.1) is 0 Å². The Morgan fingerprint density at radius 3 is 2.20 bits per heavy atom. The summed E-state index contributed by atoms with van der Waals surface area (Å²) in [6.45, 7) is 15.8. The summed E-state index contributed by atoms with van der Waals surface area (Å²) in [6.07, 6.45) is 4.57. The van der Waals surface area contributed by atoms with Crippen molar-refractivity contribution in [2.24, 2.45) is 45.3 Å². The quantitative estimate of drug-likeness (QED) is 0.385. The molecule has 0 radical (unpaired) electrons. The van der Waals surface area contributed by atoms with Crippen LogP contribution in [0.15, 0.2) is 11.6 Å². The van der Waals surface area contributed by atoms with Crippen molar-refractivity contribution in [1.29, 1.82) is 0 Å². The van der Waals surface area contributed by atoms with Crippen molar-refractivity contribution in [2.45, 2.75) is 131 Å². The van der Waals surface area contributed by atoms with E-state index in [1.165, 1.54) is 12.8 Å². The van der Waals surface area contributed by atoms with Crippen molar-refractivity contribution < 1.29 is 23.4 Å². The average molecular weight is 499 g/mol. The molecule has 0 saturated heterocycles. The van der Waals surface area contributed by atoms with Gasteiger partial charge in [-0.3, -0.25) is 0 Å². The van der Waals surface area contributed by atoms with Gasteiger partial charge in [-0.1, -0.05) is 60.1 Å². The van der Waals surface area contributed by atoms with E-state index >= 15 is 0 Å². The van der Waals surface area contributed by atoms with E-state index in [1.807, 2.05) is 0 Å². The van der Waals surface area contributed by atoms with Gasteiger partial charge in [0.25, 0.3) is 0 Å². The van der Waals surface area contributed by atoms with Crippen LogP contribution in [0.2, 0.25) is 0 Å². The minimum atomic E-state index is -4.57. The molecule has 0 aromatic heterocycles. The van der Waals surface area contributed by atoms with Crippen LogP contribution in [0.25, 0.3) is 0 Å². The molecule has 0 bridgehead atoms. The van der Waals surface area contributed by atoms with Crippen LogP contribution in [0.3, 0.4) is 0 Å². The van der Waals surface area contributed by atoms with Gasteiger partial charge in [-0.25, -0.2) is 0 Å². The highest BCUT2D eigenvalue weighted by Crippen LogP contribution is 2.72. The second-order valence-corrected chi connectivity index (χ2v) is 14.8. The SMILES string of the molecule is C[C@H](CCC(O)C(C)(C)C)C1CCC2[C@]1(C)CC[C@@H]1[C@@]3(C)CC[C@@](O)(C(F)(F)F)CC3=CC[C@@]21C. The first-order chi connectivity index (χ1) is 15.9. The highest BCUT2D eigenvalue weighted by Gasteiger charge is 2.66. The molecule has 35 heavy (non-hydrogen) atoms. The van der Waals surface area contributed by atoms with Crippen LogP contribution in [0.1, 0.15) is 113 Å². The van der Waals surface area contributed by atoms with E-state index in [0.29, 0.717) is 30.1 Å². The highest BCUT2D eigenvalue weighted by molar-refractivity contribution is 5.30. The van der Waals surface area contributed by atoms with Gasteiger partial charge in [0, 0.05) is 6.42 Å². The molecule has 9 atom stereocenters. The van der Waals surface area contributed by atoms with Crippen molar-refractivity contribution in [3.8, 4) is 0 Å². The zero-order valence-corrected chi connectivity index (χ0v) is 23.1. The van der Waals surface area contributed by atoms with Crippen LogP contribution >= 0.6 is 0 Å². The summed E-state index contributed by atoms with van der Waals surface area (Å²) in [5.41, 5.74) is -1.70. The van der Waals surface area contributed by atoms with Gasteiger partial charge >= 0.3 is 6.18 Å². The number of hydrogen-bond acceptors (Lipinski definition) is 2. The maximum atomic E-state index is 13.6. The first-order valence-electron chi connectivity index (χ1n) is 14.1. The van der Waals surface area contributed by atoms with E-state index in [4.69, 9.17) is 0 Å². The van der Waals surface area contributed by atoms with E-state index in [1.54, 1.807) is 0 Å². The summed E-state index contributed by atoms with van der Waals surface area (Å²) in [5.74, 6) is 2.15. The Balaban J connectivity index is 1.55. The van der Waals surface area contributed by atoms with Gasteiger partial charge in [0.2, 0.25) is 0 Å². The summed E-state index contributed by atoms with van der Waals surface area (Å²) in [5, 5.41) is 21.1. The lowest BCUT2D eigenvalue weighted by Crippen LogP contribution is -2.59. The number of aliphatic hydroxyl groups is 2. The molecule has 2 nitrogen and oxygen atoms in total. The molecule has 4 aliphatic carbocycles. The fourth-order valence-corrected chi connectivity index (χ4v) is 9.58. The first kappa shape index (κ1) is 27.5. The summed E-state index contributed by atoms with van der Waals surface area (Å²) in [7, 11) is 0. The average Bonchev–Trinajstić information content (AvgIpc) is 3.09. The van der Waals surface area contributed by atoms with E-state index in [-0.39, 0.29) is 40.6 Å². The fraction of sp³-hybridized carbons (Fsp3) is 0.933. The predicted molar refractivity (Wildman–Crippen MR) is 135 cm³/mol. The molecule has 3 unspecified atom stereocenters. The number of halogens is 3. The molecule has 0 aliphatic heterocycles. The smallest absolute Gasteiger partial charge is 0.393 e. The molecule has 0 heterocycles. The summed E-state index contributed by atoms with van der Waals surface area (Å²) in [4.78, 5) is 0. The summed E-state index contributed by atoms with van der Waals surface area (Å²) >= 11 is 0. The minimum Gasteiger partial charge on any atom is -0.393 e. The summed E-state index contributed by atoms with van der Waals surface area (Å²) in [6, 6.07) is 0. The third-order valence-electron chi connectivity index (χ3n) is 11.9. The van der Waals surface area contributed by atoms with Crippen LogP contribution in [-0.2, 0) is 0 Å². The maximum absolute atomic E-state index is 13.6. The zero-order valence-electron chi connectivity index (χ0n) is 23.1. The van der Waals surface area contributed by atoms with Gasteiger partial charge < -0.3 is 10.2 Å². The molecule has 4 aliphatic rings. The van der Waals surface area contributed by atoms with Crippen molar-refractivity contribution >= 4 is 0 Å². The number of rotatable bonds is 4. The topological polar surface area (TPSA) is 40.5 Å². The Kier molecular flexibility index (Phi) is 6.66. The Bertz CT molecular complexity index is 844. The molecule has 202 valence electrons. The Morgan fingerprint density at radius 1 is 0.943 bits per heavy atom. The van der Waals surface area contributed by atoms with Gasteiger partial charge in [-0.05, 0) is 103 Å². The molecular weight excluding hydrogens is 449 g/mol. The van der Waals surface area contributed by atoms with E-state index < -0.39 is 11.8 Å². The van der Waals surface area contributed by atoms with Crippen LogP contribution in [0.4, 0.5) is 13.2 Å². The number of hydrogen-bond donors (Lipinski definition) is 2. The molecule has 0 spiro atoms. The number of aliphatic hydroxyl groups excluding tert-OH is 1. The zero-order chi connectivity index (χ0) is 26.2. The molecule has 5 heteroatoms. The normalized spacial score (nSPS) is 45.7. The third-order valence-corrected chi connectivity index (χ3v) is 11.9. The van der Waals surface area contributed by atoms with E-state index in [0.717, 1.165) is 37.7 Å². The lowest BCUT2D eigenvalue weighted by atomic mass is 9.41. The lowest BCUT2D eigenvalue weighted by molar-refractivity contribution is -0.272. The fourth-order valence-electron chi connectivity index (χ4n) is 9.58. The highest BCUT2D eigenvalue weighted by atomic mass is 19.4. The van der Waals surface area contributed by atoms with Gasteiger partial charge in [0.05, 0.1) is 6.10 Å². The Hall–Kier alpha value is -0.550. The largest absolute Gasteiger partial charge is 0.417 e. The van der Waals surface area contributed by atoms with Gasteiger partial charge in [0.1, 0.15) is 0 Å². The second-order valence-electron chi connectivity index (χ2n) is 14.8. The van der Waals surface area contributed by atoms with E-state index in [2.05, 4.69) is 54.5 Å². The van der Waals surface area contributed by atoms with Crippen LogP contribution in [-0.4, -0.2) is 28.1 Å². The molecule has 0 aromatic carbocycles. The standard InChI is InChI=1S/C30H49F3O2/c1-19(8-11-24(34)25(2,3)4)21-9-10-22-27(21,6)15-13-23-26(5)16-17-29(35,30(31,32)33)18-20(26)12-14-28(22,23)7/h12,19,21-24,34-35H,8-11,13-18H2,1-7H3/t19-,21?,22?,23-,24?,26+,27-,28+,29+/m1/s1. The Labute approximate surface area is 211 Å². The summed E-state index contributed by atoms with van der Waals surface area (Å²) < 4.78 is 40.9. The molecular formula is C30H49F3O2. The van der Waals surface area contributed by atoms with Crippen molar-refractivity contribution in [3.63, 3.8) is 0 Å². The van der Waals surface area contributed by atoms with E-state index in [9.17, 15) is 23.4 Å². The maximum Gasteiger partial charge on any atom is 0.417 e. The Morgan fingerprint density at radius 2 is 1.60 bits per heavy atom. The molecule has 3 saturated carbocycles. The molecule has 0 amide bonds. The molecule has 3 fully saturated rings. The van der Waals surface area contributed by atoms with Gasteiger partial charge in [-0.2, -0.15) is 13.2 Å². The molecule has 4 rings (SSSR count).